The van der Waals surface area contributed by atoms with E-state index < -0.39 is 0 Å². The Morgan fingerprint density at radius 3 is 2.73 bits per heavy atom. The SMILES string of the molecule is O=C(NCCN1C(=O)S/C(=C\c2ccc(F)cc2)C1=O)C1CC=CCC1. The molecule has 3 rings (SSSR count). The molecule has 5 nitrogen and oxygen atoms in total. The summed E-state index contributed by atoms with van der Waals surface area (Å²) in [4.78, 5) is 38.0. The van der Waals surface area contributed by atoms with E-state index in [2.05, 4.69) is 11.4 Å². The minimum Gasteiger partial charge on any atom is -0.354 e. The fourth-order valence-electron chi connectivity index (χ4n) is 2.87. The number of imide groups is 1. The zero-order valence-corrected chi connectivity index (χ0v) is 14.9. The number of rotatable bonds is 5. The minimum atomic E-state index is -0.390. The molecule has 0 spiro atoms. The maximum Gasteiger partial charge on any atom is 0.293 e. The third-order valence-corrected chi connectivity index (χ3v) is 5.22. The summed E-state index contributed by atoms with van der Waals surface area (Å²) < 4.78 is 12.9. The maximum absolute atomic E-state index is 12.9. The van der Waals surface area contributed by atoms with Gasteiger partial charge in [0.15, 0.2) is 0 Å². The second-order valence-electron chi connectivity index (χ2n) is 6.16. The number of hydrogen-bond donors (Lipinski definition) is 1. The van der Waals surface area contributed by atoms with Gasteiger partial charge in [-0.15, -0.1) is 0 Å². The lowest BCUT2D eigenvalue weighted by Gasteiger charge is -2.18. The van der Waals surface area contributed by atoms with Gasteiger partial charge in [-0.25, -0.2) is 4.39 Å². The van der Waals surface area contributed by atoms with Crippen LogP contribution in [0.2, 0.25) is 0 Å². The summed E-state index contributed by atoms with van der Waals surface area (Å²) >= 11 is 0.851. The van der Waals surface area contributed by atoms with Crippen LogP contribution >= 0.6 is 11.8 Å². The van der Waals surface area contributed by atoms with Crippen LogP contribution in [0.5, 0.6) is 0 Å². The molecule has 1 atom stereocenters. The number of thioether (sulfide) groups is 1. The fourth-order valence-corrected chi connectivity index (χ4v) is 3.74. The van der Waals surface area contributed by atoms with Crippen molar-refractivity contribution in [2.45, 2.75) is 19.3 Å². The largest absolute Gasteiger partial charge is 0.354 e. The smallest absolute Gasteiger partial charge is 0.293 e. The second kappa shape index (κ2) is 8.31. The lowest BCUT2D eigenvalue weighted by atomic mass is 9.94. The summed E-state index contributed by atoms with van der Waals surface area (Å²) in [5.74, 6) is -0.824. The third kappa shape index (κ3) is 4.40. The molecule has 136 valence electrons. The highest BCUT2D eigenvalue weighted by atomic mass is 32.2. The predicted octanol–water partition coefficient (Wildman–Crippen LogP) is 3.33. The molecule has 0 aromatic heterocycles. The average molecular weight is 374 g/mol. The van der Waals surface area contributed by atoms with Crippen LogP contribution in [-0.4, -0.2) is 35.0 Å². The highest BCUT2D eigenvalue weighted by Gasteiger charge is 2.34. The van der Waals surface area contributed by atoms with Gasteiger partial charge in [-0.05, 0) is 54.8 Å². The molecule has 1 heterocycles. The quantitative estimate of drug-likeness (QED) is 0.634. The van der Waals surface area contributed by atoms with Gasteiger partial charge >= 0.3 is 0 Å². The summed E-state index contributed by atoms with van der Waals surface area (Å²) in [7, 11) is 0. The van der Waals surface area contributed by atoms with Crippen molar-refractivity contribution >= 4 is 34.9 Å². The van der Waals surface area contributed by atoms with Crippen LogP contribution in [0.25, 0.3) is 6.08 Å². The van der Waals surface area contributed by atoms with E-state index in [9.17, 15) is 18.8 Å². The fraction of sp³-hybridized carbons (Fsp3) is 0.316. The van der Waals surface area contributed by atoms with Gasteiger partial charge in [-0.3, -0.25) is 19.3 Å². The van der Waals surface area contributed by atoms with Crippen LogP contribution in [0.1, 0.15) is 24.8 Å². The Morgan fingerprint density at radius 2 is 2.04 bits per heavy atom. The van der Waals surface area contributed by atoms with Crippen LogP contribution in [0.3, 0.4) is 0 Å². The lowest BCUT2D eigenvalue weighted by molar-refractivity contribution is -0.126. The van der Waals surface area contributed by atoms with Crippen molar-refractivity contribution in [1.82, 2.24) is 10.2 Å². The molecule has 26 heavy (non-hydrogen) atoms. The van der Waals surface area contributed by atoms with Gasteiger partial charge in [-0.1, -0.05) is 24.3 Å². The topological polar surface area (TPSA) is 66.5 Å². The molecule has 2 aliphatic rings. The van der Waals surface area contributed by atoms with Crippen LogP contribution in [-0.2, 0) is 9.59 Å². The number of hydrogen-bond acceptors (Lipinski definition) is 4. The summed E-state index contributed by atoms with van der Waals surface area (Å²) in [6, 6.07) is 5.68. The molecule has 1 aromatic rings. The van der Waals surface area contributed by atoms with E-state index in [1.54, 1.807) is 18.2 Å². The summed E-state index contributed by atoms with van der Waals surface area (Å²) in [6.07, 6.45) is 8.09. The molecule has 1 saturated heterocycles. The molecule has 1 aromatic carbocycles. The molecule has 1 unspecified atom stereocenters. The normalized spacial score (nSPS) is 21.5. The lowest BCUT2D eigenvalue weighted by Crippen LogP contribution is -2.39. The van der Waals surface area contributed by atoms with Crippen LogP contribution in [0, 0.1) is 11.7 Å². The Balaban J connectivity index is 1.54. The van der Waals surface area contributed by atoms with Gasteiger partial charge in [0.25, 0.3) is 11.1 Å². The van der Waals surface area contributed by atoms with Crippen LogP contribution in [0.15, 0.2) is 41.3 Å². The van der Waals surface area contributed by atoms with Gasteiger partial charge in [0, 0.05) is 19.0 Å². The first-order chi connectivity index (χ1) is 12.5. The molecule has 3 amide bonds. The van der Waals surface area contributed by atoms with Gasteiger partial charge < -0.3 is 5.32 Å². The second-order valence-corrected chi connectivity index (χ2v) is 7.15. The monoisotopic (exact) mass is 374 g/mol. The number of nitrogens with one attached hydrogen (secondary N) is 1. The molecule has 0 radical (unpaired) electrons. The van der Waals surface area contributed by atoms with Crippen LogP contribution in [0.4, 0.5) is 9.18 Å². The van der Waals surface area contributed by atoms with Crippen molar-refractivity contribution in [1.29, 1.82) is 0 Å². The van der Waals surface area contributed by atoms with E-state index in [4.69, 9.17) is 0 Å². The number of carbonyl (C=O) groups excluding carboxylic acids is 3. The van der Waals surface area contributed by atoms with Crippen molar-refractivity contribution in [3.8, 4) is 0 Å². The van der Waals surface area contributed by atoms with Crippen molar-refractivity contribution in [3.05, 3.63) is 52.7 Å². The number of nitrogens with zero attached hydrogens (tertiary/aromatic N) is 1. The first kappa shape index (κ1) is 18.4. The van der Waals surface area contributed by atoms with E-state index in [0.717, 1.165) is 35.9 Å². The summed E-state index contributed by atoms with van der Waals surface area (Å²) in [6.45, 7) is 0.376. The van der Waals surface area contributed by atoms with Crippen molar-refractivity contribution in [2.75, 3.05) is 13.1 Å². The highest BCUT2D eigenvalue weighted by molar-refractivity contribution is 8.18. The number of halogens is 1. The first-order valence-corrected chi connectivity index (χ1v) is 9.30. The van der Waals surface area contributed by atoms with E-state index in [0.29, 0.717) is 10.5 Å². The van der Waals surface area contributed by atoms with Gasteiger partial charge in [0.2, 0.25) is 5.91 Å². The Hall–Kier alpha value is -2.41. The van der Waals surface area contributed by atoms with E-state index in [1.807, 2.05) is 6.08 Å². The summed E-state index contributed by atoms with van der Waals surface area (Å²) in [5, 5.41) is 2.44. The van der Waals surface area contributed by atoms with Crippen LogP contribution < -0.4 is 5.32 Å². The Morgan fingerprint density at radius 1 is 1.27 bits per heavy atom. The van der Waals surface area contributed by atoms with Crippen molar-refractivity contribution in [3.63, 3.8) is 0 Å². The van der Waals surface area contributed by atoms with Gasteiger partial charge in [-0.2, -0.15) is 0 Å². The molecular weight excluding hydrogens is 355 g/mol. The maximum atomic E-state index is 12.9. The zero-order valence-electron chi connectivity index (χ0n) is 14.1. The van der Waals surface area contributed by atoms with Crippen molar-refractivity contribution < 1.29 is 18.8 Å². The van der Waals surface area contributed by atoms with Crippen molar-refractivity contribution in [2.24, 2.45) is 5.92 Å². The van der Waals surface area contributed by atoms with E-state index in [1.165, 1.54) is 12.1 Å². The Bertz CT molecular complexity index is 773. The average Bonchev–Trinajstić information content (AvgIpc) is 2.91. The van der Waals surface area contributed by atoms with Gasteiger partial charge in [0.05, 0.1) is 4.91 Å². The molecule has 0 bridgehead atoms. The molecule has 7 heteroatoms. The Labute approximate surface area is 155 Å². The first-order valence-electron chi connectivity index (χ1n) is 8.48. The molecule has 1 aliphatic heterocycles. The molecule has 1 N–H and O–H groups in total. The summed E-state index contributed by atoms with van der Waals surface area (Å²) in [5.41, 5.74) is 0.649. The van der Waals surface area contributed by atoms with Gasteiger partial charge in [0.1, 0.15) is 5.82 Å². The Kier molecular flexibility index (Phi) is 5.88. The number of benzene rings is 1. The molecule has 1 fully saturated rings. The minimum absolute atomic E-state index is 0.0340. The van der Waals surface area contributed by atoms with E-state index in [-0.39, 0.29) is 41.9 Å². The third-order valence-electron chi connectivity index (χ3n) is 4.32. The molecule has 0 saturated carbocycles. The van der Waals surface area contributed by atoms with E-state index >= 15 is 0 Å². The predicted molar refractivity (Wildman–Crippen MR) is 98.6 cm³/mol. The zero-order chi connectivity index (χ0) is 18.5. The molecule has 1 aliphatic carbocycles. The number of allylic oxidation sites excluding steroid dienone is 2. The number of amides is 3. The number of carbonyl (C=O) groups is 3. The standard InChI is InChI=1S/C19H19FN2O3S/c20-15-8-6-13(7-9-15)12-16-18(24)22(19(25)26-16)11-10-21-17(23)14-4-2-1-3-5-14/h1-2,6-9,12,14H,3-5,10-11H2,(H,21,23)/b16-12-. The molecular formula is C19H19FN2O3S. The highest BCUT2D eigenvalue weighted by Crippen LogP contribution is 2.31.